The highest BCUT2D eigenvalue weighted by molar-refractivity contribution is 5.80. The predicted octanol–water partition coefficient (Wildman–Crippen LogP) is 0.0826. The van der Waals surface area contributed by atoms with Crippen LogP contribution >= 0.6 is 0 Å². The number of amides is 2. The number of carbonyl (C=O) groups excluding carboxylic acids is 2. The first-order chi connectivity index (χ1) is 9.17. The van der Waals surface area contributed by atoms with E-state index in [0.717, 1.165) is 17.5 Å². The van der Waals surface area contributed by atoms with E-state index >= 15 is 0 Å². The summed E-state index contributed by atoms with van der Waals surface area (Å²) in [6, 6.07) is 7.77. The van der Waals surface area contributed by atoms with E-state index in [9.17, 15) is 9.59 Å². The van der Waals surface area contributed by atoms with Gasteiger partial charge >= 0.3 is 0 Å². The summed E-state index contributed by atoms with van der Waals surface area (Å²) in [5.74, 6) is 0.0401. The molecule has 1 saturated heterocycles. The van der Waals surface area contributed by atoms with Crippen LogP contribution in [0.5, 0.6) is 0 Å². The summed E-state index contributed by atoms with van der Waals surface area (Å²) >= 11 is 0. The second-order valence-electron chi connectivity index (χ2n) is 4.80. The number of carbonyl (C=O) groups is 2. The normalized spacial score (nSPS) is 18.2. The van der Waals surface area contributed by atoms with E-state index in [1.807, 2.05) is 24.3 Å². The summed E-state index contributed by atoms with van der Waals surface area (Å²) in [5, 5.41) is 5.66. The van der Waals surface area contributed by atoms with Crippen LogP contribution in [0.4, 0.5) is 0 Å². The van der Waals surface area contributed by atoms with Crippen LogP contribution in [0.1, 0.15) is 24.0 Å². The van der Waals surface area contributed by atoms with E-state index < -0.39 is 0 Å². The van der Waals surface area contributed by atoms with Gasteiger partial charge in [0, 0.05) is 25.6 Å². The predicted molar refractivity (Wildman–Crippen MR) is 72.2 cm³/mol. The molecule has 2 rings (SSSR count). The Hall–Kier alpha value is -1.88. The van der Waals surface area contributed by atoms with E-state index in [1.54, 1.807) is 0 Å². The molecule has 0 radical (unpaired) electrons. The van der Waals surface area contributed by atoms with Crippen LogP contribution in [-0.4, -0.2) is 24.4 Å². The smallest absolute Gasteiger partial charge is 0.224 e. The summed E-state index contributed by atoms with van der Waals surface area (Å²) in [6.45, 7) is 1.01. The van der Waals surface area contributed by atoms with E-state index in [2.05, 4.69) is 10.6 Å². The van der Waals surface area contributed by atoms with Gasteiger partial charge in [-0.3, -0.25) is 9.59 Å². The highest BCUT2D eigenvalue weighted by Gasteiger charge is 2.20. The fourth-order valence-corrected chi connectivity index (χ4v) is 2.11. The SMILES string of the molecule is NCc1ccc(CC(=O)NCC2CCC(=O)N2)cc1. The molecule has 0 aromatic heterocycles. The molecule has 1 atom stereocenters. The zero-order valence-electron chi connectivity index (χ0n) is 10.8. The summed E-state index contributed by atoms with van der Waals surface area (Å²) < 4.78 is 0. The Bertz CT molecular complexity index is 456. The summed E-state index contributed by atoms with van der Waals surface area (Å²) in [4.78, 5) is 22.8. The molecule has 1 aliphatic heterocycles. The highest BCUT2D eigenvalue weighted by Crippen LogP contribution is 2.06. The maximum absolute atomic E-state index is 11.8. The van der Waals surface area contributed by atoms with Gasteiger partial charge in [-0.15, -0.1) is 0 Å². The van der Waals surface area contributed by atoms with Crippen molar-refractivity contribution in [2.45, 2.75) is 31.8 Å². The van der Waals surface area contributed by atoms with Crippen molar-refractivity contribution in [3.63, 3.8) is 0 Å². The van der Waals surface area contributed by atoms with Gasteiger partial charge in [0.25, 0.3) is 0 Å². The number of nitrogens with two attached hydrogens (primary N) is 1. The molecular formula is C14H19N3O2. The molecule has 2 amide bonds. The molecule has 0 saturated carbocycles. The lowest BCUT2D eigenvalue weighted by Crippen LogP contribution is -2.38. The Morgan fingerprint density at radius 2 is 2.00 bits per heavy atom. The van der Waals surface area contributed by atoms with Crippen molar-refractivity contribution >= 4 is 11.8 Å². The van der Waals surface area contributed by atoms with Crippen molar-refractivity contribution in [1.29, 1.82) is 0 Å². The van der Waals surface area contributed by atoms with Crippen LogP contribution in [0.25, 0.3) is 0 Å². The average Bonchev–Trinajstić information content (AvgIpc) is 2.83. The van der Waals surface area contributed by atoms with E-state index in [4.69, 9.17) is 5.73 Å². The Balaban J connectivity index is 1.75. The van der Waals surface area contributed by atoms with Crippen molar-refractivity contribution in [2.24, 2.45) is 5.73 Å². The van der Waals surface area contributed by atoms with Crippen LogP contribution in [0.2, 0.25) is 0 Å². The first-order valence-corrected chi connectivity index (χ1v) is 6.51. The van der Waals surface area contributed by atoms with E-state index in [1.165, 1.54) is 0 Å². The van der Waals surface area contributed by atoms with Gasteiger partial charge in [0.15, 0.2) is 0 Å². The fraction of sp³-hybridized carbons (Fsp3) is 0.429. The van der Waals surface area contributed by atoms with Gasteiger partial charge in [-0.25, -0.2) is 0 Å². The first kappa shape index (κ1) is 13.5. The monoisotopic (exact) mass is 261 g/mol. The van der Waals surface area contributed by atoms with E-state index in [-0.39, 0.29) is 17.9 Å². The topological polar surface area (TPSA) is 84.2 Å². The lowest BCUT2D eigenvalue weighted by atomic mass is 10.1. The molecule has 1 aromatic rings. The first-order valence-electron chi connectivity index (χ1n) is 6.51. The van der Waals surface area contributed by atoms with Crippen LogP contribution in [0.3, 0.4) is 0 Å². The van der Waals surface area contributed by atoms with Crippen molar-refractivity contribution in [2.75, 3.05) is 6.54 Å². The quantitative estimate of drug-likeness (QED) is 0.702. The Morgan fingerprint density at radius 3 is 2.58 bits per heavy atom. The van der Waals surface area contributed by atoms with Crippen LogP contribution in [-0.2, 0) is 22.6 Å². The van der Waals surface area contributed by atoms with Gasteiger partial charge in [0.2, 0.25) is 11.8 Å². The zero-order chi connectivity index (χ0) is 13.7. The molecule has 19 heavy (non-hydrogen) atoms. The Morgan fingerprint density at radius 1 is 1.32 bits per heavy atom. The summed E-state index contributed by atoms with van der Waals surface area (Å²) in [6.07, 6.45) is 1.71. The molecule has 5 heteroatoms. The minimum absolute atomic E-state index is 0.0263. The third-order valence-electron chi connectivity index (χ3n) is 3.25. The molecule has 1 unspecified atom stereocenters. The molecule has 1 fully saturated rings. The van der Waals surface area contributed by atoms with Gasteiger partial charge in [-0.2, -0.15) is 0 Å². The number of hydrogen-bond acceptors (Lipinski definition) is 3. The number of hydrogen-bond donors (Lipinski definition) is 3. The Labute approximate surface area is 112 Å². The second-order valence-corrected chi connectivity index (χ2v) is 4.80. The standard InChI is InChI=1S/C14H19N3O2/c15-8-11-3-1-10(2-4-11)7-14(19)16-9-12-5-6-13(18)17-12/h1-4,12H,5-9,15H2,(H,16,19)(H,17,18). The number of nitrogens with one attached hydrogen (secondary N) is 2. The minimum Gasteiger partial charge on any atom is -0.354 e. The largest absolute Gasteiger partial charge is 0.354 e. The van der Waals surface area contributed by atoms with Gasteiger partial charge in [0.1, 0.15) is 0 Å². The molecule has 4 N–H and O–H groups in total. The minimum atomic E-state index is -0.0263. The molecule has 5 nitrogen and oxygen atoms in total. The molecule has 1 aromatic carbocycles. The Kier molecular flexibility index (Phi) is 4.52. The van der Waals surface area contributed by atoms with Crippen molar-refractivity contribution in [1.82, 2.24) is 10.6 Å². The molecule has 0 spiro atoms. The van der Waals surface area contributed by atoms with Crippen molar-refractivity contribution in [3.05, 3.63) is 35.4 Å². The molecule has 0 bridgehead atoms. The summed E-state index contributed by atoms with van der Waals surface area (Å²) in [5.41, 5.74) is 7.53. The van der Waals surface area contributed by atoms with Gasteiger partial charge < -0.3 is 16.4 Å². The molecular weight excluding hydrogens is 242 g/mol. The maximum Gasteiger partial charge on any atom is 0.224 e. The number of rotatable bonds is 5. The zero-order valence-corrected chi connectivity index (χ0v) is 10.8. The lowest BCUT2D eigenvalue weighted by molar-refractivity contribution is -0.121. The maximum atomic E-state index is 11.8. The molecule has 1 aliphatic rings. The van der Waals surface area contributed by atoms with Gasteiger partial charge in [0.05, 0.1) is 6.42 Å². The highest BCUT2D eigenvalue weighted by atomic mass is 16.2. The van der Waals surface area contributed by atoms with Crippen LogP contribution < -0.4 is 16.4 Å². The lowest BCUT2D eigenvalue weighted by Gasteiger charge is -2.11. The third-order valence-corrected chi connectivity index (χ3v) is 3.25. The van der Waals surface area contributed by atoms with Gasteiger partial charge in [-0.05, 0) is 17.5 Å². The van der Waals surface area contributed by atoms with Crippen molar-refractivity contribution < 1.29 is 9.59 Å². The summed E-state index contributed by atoms with van der Waals surface area (Å²) in [7, 11) is 0. The molecule has 0 aliphatic carbocycles. The van der Waals surface area contributed by atoms with Crippen molar-refractivity contribution in [3.8, 4) is 0 Å². The third kappa shape index (κ3) is 4.06. The molecule has 1 heterocycles. The number of benzene rings is 1. The van der Waals surface area contributed by atoms with Crippen LogP contribution in [0.15, 0.2) is 24.3 Å². The van der Waals surface area contributed by atoms with Gasteiger partial charge in [-0.1, -0.05) is 24.3 Å². The van der Waals surface area contributed by atoms with Crippen LogP contribution in [0, 0.1) is 0 Å². The fourth-order valence-electron chi connectivity index (χ4n) is 2.11. The van der Waals surface area contributed by atoms with E-state index in [0.29, 0.717) is 25.9 Å². The average molecular weight is 261 g/mol. The second kappa shape index (κ2) is 6.33. The molecule has 102 valence electrons.